The van der Waals surface area contributed by atoms with Crippen LogP contribution in [-0.2, 0) is 0 Å². The molecule has 0 saturated carbocycles. The van der Waals surface area contributed by atoms with Crippen molar-refractivity contribution in [3.05, 3.63) is 68.9 Å². The van der Waals surface area contributed by atoms with Crippen molar-refractivity contribution in [2.45, 2.75) is 13.8 Å². The van der Waals surface area contributed by atoms with Gasteiger partial charge in [-0.25, -0.2) is 10.1 Å². The summed E-state index contributed by atoms with van der Waals surface area (Å²) >= 11 is 5.86. The van der Waals surface area contributed by atoms with E-state index in [-0.39, 0.29) is 33.7 Å². The number of amides is 1. The van der Waals surface area contributed by atoms with Gasteiger partial charge in [-0.15, -0.1) is 5.10 Å². The van der Waals surface area contributed by atoms with Crippen LogP contribution >= 0.6 is 11.6 Å². The average Bonchev–Trinajstić information content (AvgIpc) is 3.49. The number of rotatable bonds is 8. The van der Waals surface area contributed by atoms with Crippen molar-refractivity contribution in [2.75, 3.05) is 12.3 Å². The predicted molar refractivity (Wildman–Crippen MR) is 128 cm³/mol. The third kappa shape index (κ3) is 4.83. The molecule has 0 aliphatic carbocycles. The number of hydrogen-bond acceptors (Lipinski definition) is 11. The summed E-state index contributed by atoms with van der Waals surface area (Å²) in [4.78, 5) is 23.6. The molecule has 0 bridgehead atoms. The van der Waals surface area contributed by atoms with Crippen molar-refractivity contribution < 1.29 is 19.1 Å². The largest absolute Gasteiger partial charge is 0.494 e. The van der Waals surface area contributed by atoms with Gasteiger partial charge in [0.15, 0.2) is 5.69 Å². The summed E-state index contributed by atoms with van der Waals surface area (Å²) in [6, 6.07) is 11.0. The number of nitro benzene ring substituents is 1. The first-order chi connectivity index (χ1) is 17.3. The van der Waals surface area contributed by atoms with Crippen molar-refractivity contribution in [1.82, 2.24) is 30.7 Å². The van der Waals surface area contributed by atoms with Crippen molar-refractivity contribution in [1.29, 1.82) is 0 Å². The quantitative estimate of drug-likeness (QED) is 0.202. The number of halogens is 1. The lowest BCUT2D eigenvalue weighted by molar-refractivity contribution is -0.384. The van der Waals surface area contributed by atoms with E-state index in [1.54, 1.807) is 37.3 Å². The molecular weight excluding hydrogens is 494 g/mol. The molecular formula is C21H18ClN9O5. The van der Waals surface area contributed by atoms with Crippen LogP contribution < -0.4 is 15.9 Å². The zero-order valence-corrected chi connectivity index (χ0v) is 19.6. The Labute approximate surface area is 207 Å². The Balaban J connectivity index is 1.69. The minimum absolute atomic E-state index is 0.0150. The number of benzene rings is 2. The van der Waals surface area contributed by atoms with Gasteiger partial charge in [-0.1, -0.05) is 22.9 Å². The van der Waals surface area contributed by atoms with Crippen LogP contribution in [0.1, 0.15) is 29.9 Å². The predicted octanol–water partition coefficient (Wildman–Crippen LogP) is 3.01. The van der Waals surface area contributed by atoms with Crippen LogP contribution in [0.4, 0.5) is 11.5 Å². The van der Waals surface area contributed by atoms with E-state index in [0.29, 0.717) is 29.2 Å². The van der Waals surface area contributed by atoms with Crippen molar-refractivity contribution in [2.24, 2.45) is 5.10 Å². The fourth-order valence-corrected chi connectivity index (χ4v) is 3.37. The molecule has 2 aromatic carbocycles. The second-order valence-electron chi connectivity index (χ2n) is 7.19. The van der Waals surface area contributed by atoms with E-state index in [1.807, 2.05) is 6.92 Å². The maximum atomic E-state index is 13.1. The molecule has 15 heteroatoms. The van der Waals surface area contributed by atoms with Gasteiger partial charge in [-0.05, 0) is 54.5 Å². The van der Waals surface area contributed by atoms with Gasteiger partial charge in [0.1, 0.15) is 16.5 Å². The van der Waals surface area contributed by atoms with E-state index in [2.05, 4.69) is 35.8 Å². The highest BCUT2D eigenvalue weighted by atomic mass is 35.5. The molecule has 0 aliphatic rings. The van der Waals surface area contributed by atoms with E-state index in [0.717, 1.165) is 0 Å². The van der Waals surface area contributed by atoms with Gasteiger partial charge in [0.2, 0.25) is 11.6 Å². The molecule has 184 valence electrons. The summed E-state index contributed by atoms with van der Waals surface area (Å²) in [6.07, 6.45) is 0. The first-order valence-electron chi connectivity index (χ1n) is 10.4. The molecule has 36 heavy (non-hydrogen) atoms. The van der Waals surface area contributed by atoms with Crippen LogP contribution in [0, 0.1) is 10.1 Å². The highest BCUT2D eigenvalue weighted by molar-refractivity contribution is 6.32. The van der Waals surface area contributed by atoms with Gasteiger partial charge >= 0.3 is 0 Å². The fraction of sp³-hybridized carbons (Fsp3) is 0.143. The Morgan fingerprint density at radius 1 is 1.28 bits per heavy atom. The summed E-state index contributed by atoms with van der Waals surface area (Å²) in [6.45, 7) is 3.92. The van der Waals surface area contributed by atoms with Gasteiger partial charge in [-0.3, -0.25) is 14.9 Å². The highest BCUT2D eigenvalue weighted by Crippen LogP contribution is 2.28. The summed E-state index contributed by atoms with van der Waals surface area (Å²) in [5.74, 6) is -0.0926. The third-order valence-electron chi connectivity index (χ3n) is 4.91. The average molecular weight is 512 g/mol. The van der Waals surface area contributed by atoms with Gasteiger partial charge in [0.05, 0.1) is 17.2 Å². The van der Waals surface area contributed by atoms with Gasteiger partial charge in [-0.2, -0.15) is 9.78 Å². The number of carbonyl (C=O) groups excluding carboxylic acids is 1. The van der Waals surface area contributed by atoms with Crippen LogP contribution in [-0.4, -0.2) is 48.5 Å². The number of nitro groups is 1. The Morgan fingerprint density at radius 2 is 2.03 bits per heavy atom. The molecule has 0 aliphatic heterocycles. The minimum atomic E-state index is -0.706. The zero-order chi connectivity index (χ0) is 25.8. The maximum absolute atomic E-state index is 13.1. The van der Waals surface area contributed by atoms with Crippen LogP contribution in [0.3, 0.4) is 0 Å². The number of nitrogens with zero attached hydrogens (tertiary/aromatic N) is 7. The van der Waals surface area contributed by atoms with Crippen LogP contribution in [0.2, 0.25) is 5.02 Å². The van der Waals surface area contributed by atoms with Gasteiger partial charge < -0.3 is 10.5 Å². The molecule has 0 unspecified atom stereocenters. The number of carbonyl (C=O) groups is 1. The second kappa shape index (κ2) is 10.2. The molecule has 14 nitrogen and oxygen atoms in total. The molecule has 3 N–H and O–H groups in total. The molecule has 0 saturated heterocycles. The van der Waals surface area contributed by atoms with Crippen molar-refractivity contribution in [3.63, 3.8) is 0 Å². The van der Waals surface area contributed by atoms with E-state index in [1.165, 1.54) is 16.8 Å². The third-order valence-corrected chi connectivity index (χ3v) is 5.23. The van der Waals surface area contributed by atoms with Crippen LogP contribution in [0.15, 0.2) is 52.2 Å². The number of anilines is 1. The summed E-state index contributed by atoms with van der Waals surface area (Å²) in [7, 11) is 0. The number of hydrazone groups is 1. The lowest BCUT2D eigenvalue weighted by Gasteiger charge is -2.08. The van der Waals surface area contributed by atoms with Crippen molar-refractivity contribution >= 4 is 34.7 Å². The van der Waals surface area contributed by atoms with Crippen molar-refractivity contribution in [3.8, 4) is 22.8 Å². The molecule has 4 aromatic rings. The van der Waals surface area contributed by atoms with E-state index >= 15 is 0 Å². The Kier molecular flexibility index (Phi) is 6.87. The van der Waals surface area contributed by atoms with Gasteiger partial charge in [0.25, 0.3) is 11.6 Å². The zero-order valence-electron chi connectivity index (χ0n) is 18.9. The molecule has 0 spiro atoms. The van der Waals surface area contributed by atoms with Gasteiger partial charge in [0, 0.05) is 17.2 Å². The summed E-state index contributed by atoms with van der Waals surface area (Å²) in [5, 5.41) is 30.4. The molecule has 1 amide bonds. The molecule has 2 aromatic heterocycles. The monoisotopic (exact) mass is 511 g/mol. The highest BCUT2D eigenvalue weighted by Gasteiger charge is 2.25. The number of aromatic nitrogens is 5. The Hall–Kier alpha value is -4.85. The Morgan fingerprint density at radius 3 is 2.67 bits per heavy atom. The molecule has 0 radical (unpaired) electrons. The molecule has 4 rings (SSSR count). The first kappa shape index (κ1) is 24.3. The fourth-order valence-electron chi connectivity index (χ4n) is 3.19. The Bertz CT molecular complexity index is 1460. The van der Waals surface area contributed by atoms with E-state index in [9.17, 15) is 14.9 Å². The molecule has 2 heterocycles. The lowest BCUT2D eigenvalue weighted by atomic mass is 10.1. The SMILES string of the molecule is CCOc1ccc(-c2c(C(=O)NN=C(C)c3ccc(Cl)c([N+](=O)[O-])c3)nnn2-c2nonc2N)cc1. The number of nitrogens with two attached hydrogens (primary N) is 1. The number of ether oxygens (including phenoxy) is 1. The van der Waals surface area contributed by atoms with Crippen LogP contribution in [0.5, 0.6) is 5.75 Å². The number of hydrogen-bond donors (Lipinski definition) is 2. The number of nitrogen functional groups attached to an aromatic ring is 1. The number of nitrogens with one attached hydrogen (secondary N) is 1. The standard InChI is InChI=1S/C21H18ClN9O5/c1-3-35-14-7-4-12(5-8-14)18-17(25-29-30(18)20-19(23)27-36-28-20)21(32)26-24-11(2)13-6-9-15(22)16(10-13)31(33)34/h4-10H,3H2,1-2H3,(H2,23,27)(H,26,32). The second-order valence-corrected chi connectivity index (χ2v) is 7.60. The molecule has 0 atom stereocenters. The van der Waals surface area contributed by atoms with E-state index < -0.39 is 10.8 Å². The van der Waals surface area contributed by atoms with Crippen LogP contribution in [0.25, 0.3) is 17.1 Å². The topological polar surface area (TPSA) is 189 Å². The minimum Gasteiger partial charge on any atom is -0.494 e. The summed E-state index contributed by atoms with van der Waals surface area (Å²) < 4.78 is 11.4. The normalized spacial score (nSPS) is 11.4. The first-order valence-corrected chi connectivity index (χ1v) is 10.7. The maximum Gasteiger partial charge on any atom is 0.294 e. The van der Waals surface area contributed by atoms with E-state index in [4.69, 9.17) is 22.1 Å². The smallest absolute Gasteiger partial charge is 0.294 e. The summed E-state index contributed by atoms with van der Waals surface area (Å²) in [5.41, 5.74) is 9.31. The lowest BCUT2D eigenvalue weighted by Crippen LogP contribution is -2.21. The molecule has 0 fully saturated rings.